The first kappa shape index (κ1) is 15.6. The minimum Gasteiger partial charge on any atom is -0.459 e. The second-order valence-corrected chi connectivity index (χ2v) is 5.73. The van der Waals surface area contributed by atoms with Gasteiger partial charge in [-0.2, -0.15) is 0 Å². The zero-order valence-electron chi connectivity index (χ0n) is 11.3. The fourth-order valence-corrected chi connectivity index (χ4v) is 2.03. The number of esters is 2. The highest BCUT2D eigenvalue weighted by molar-refractivity contribution is 6.42. The lowest BCUT2D eigenvalue weighted by molar-refractivity contribution is 0.0430. The lowest BCUT2D eigenvalue weighted by Crippen LogP contribution is -2.17. The SMILES string of the molecule is O=C(OCC1CO1)c1cc(Cl)c(Cl)cc1C(=O)OCC1CO1. The van der Waals surface area contributed by atoms with Crippen LogP contribution in [-0.2, 0) is 18.9 Å². The Morgan fingerprint density at radius 2 is 1.32 bits per heavy atom. The van der Waals surface area contributed by atoms with E-state index in [2.05, 4.69) is 0 Å². The van der Waals surface area contributed by atoms with Crippen molar-refractivity contribution < 1.29 is 28.5 Å². The van der Waals surface area contributed by atoms with Gasteiger partial charge in [0.2, 0.25) is 0 Å². The molecule has 0 radical (unpaired) electrons. The number of halogens is 2. The van der Waals surface area contributed by atoms with Crippen molar-refractivity contribution >= 4 is 35.1 Å². The third-order valence-corrected chi connectivity index (χ3v) is 3.83. The molecule has 22 heavy (non-hydrogen) atoms. The molecule has 2 aliphatic heterocycles. The van der Waals surface area contributed by atoms with Crippen LogP contribution in [0.25, 0.3) is 0 Å². The smallest absolute Gasteiger partial charge is 0.339 e. The Morgan fingerprint density at radius 1 is 0.955 bits per heavy atom. The van der Waals surface area contributed by atoms with Gasteiger partial charge in [0, 0.05) is 0 Å². The second-order valence-electron chi connectivity index (χ2n) is 4.92. The molecule has 0 bridgehead atoms. The van der Waals surface area contributed by atoms with E-state index in [0.29, 0.717) is 13.2 Å². The van der Waals surface area contributed by atoms with Crippen molar-refractivity contribution in [1.29, 1.82) is 0 Å². The molecule has 1 aromatic rings. The topological polar surface area (TPSA) is 77.7 Å². The van der Waals surface area contributed by atoms with E-state index >= 15 is 0 Å². The molecule has 2 atom stereocenters. The molecule has 2 heterocycles. The predicted octanol–water partition coefficient (Wildman–Crippen LogP) is 2.10. The highest BCUT2D eigenvalue weighted by atomic mass is 35.5. The summed E-state index contributed by atoms with van der Waals surface area (Å²) in [4.78, 5) is 24.2. The highest BCUT2D eigenvalue weighted by Crippen LogP contribution is 2.27. The molecule has 2 unspecified atom stereocenters. The van der Waals surface area contributed by atoms with Crippen LogP contribution in [-0.4, -0.2) is 50.6 Å². The molecule has 0 amide bonds. The third kappa shape index (κ3) is 3.89. The van der Waals surface area contributed by atoms with Crippen LogP contribution in [0.2, 0.25) is 10.0 Å². The molecule has 0 aliphatic carbocycles. The van der Waals surface area contributed by atoms with E-state index in [0.717, 1.165) is 0 Å². The van der Waals surface area contributed by atoms with E-state index in [9.17, 15) is 9.59 Å². The summed E-state index contributed by atoms with van der Waals surface area (Å²) in [7, 11) is 0. The first-order valence-electron chi connectivity index (χ1n) is 6.61. The fourth-order valence-electron chi connectivity index (χ4n) is 1.71. The van der Waals surface area contributed by atoms with Crippen molar-refractivity contribution in [2.75, 3.05) is 26.4 Å². The molecule has 0 saturated carbocycles. The molecular formula is C14H12Cl2O6. The van der Waals surface area contributed by atoms with Crippen LogP contribution in [0, 0.1) is 0 Å². The number of hydrogen-bond acceptors (Lipinski definition) is 6. The molecule has 2 saturated heterocycles. The van der Waals surface area contributed by atoms with Gasteiger partial charge in [0.05, 0.1) is 34.4 Å². The van der Waals surface area contributed by atoms with Crippen molar-refractivity contribution in [2.45, 2.75) is 12.2 Å². The van der Waals surface area contributed by atoms with Crippen LogP contribution in [0.1, 0.15) is 20.7 Å². The molecule has 6 nitrogen and oxygen atoms in total. The summed E-state index contributed by atoms with van der Waals surface area (Å²) in [6, 6.07) is 2.59. The minimum absolute atomic E-state index is 0.0109. The molecule has 2 aliphatic rings. The Labute approximate surface area is 136 Å². The monoisotopic (exact) mass is 346 g/mol. The van der Waals surface area contributed by atoms with E-state index in [4.69, 9.17) is 42.1 Å². The lowest BCUT2D eigenvalue weighted by atomic mass is 10.1. The summed E-state index contributed by atoms with van der Waals surface area (Å²) in [5.41, 5.74) is 0.0218. The van der Waals surface area contributed by atoms with Crippen LogP contribution in [0.4, 0.5) is 0 Å². The average Bonchev–Trinajstić information content (AvgIpc) is 3.38. The van der Waals surface area contributed by atoms with Crippen molar-refractivity contribution in [3.63, 3.8) is 0 Å². The highest BCUT2D eigenvalue weighted by Gasteiger charge is 2.29. The third-order valence-electron chi connectivity index (χ3n) is 3.11. The fraction of sp³-hybridized carbons (Fsp3) is 0.429. The van der Waals surface area contributed by atoms with Crippen LogP contribution >= 0.6 is 23.2 Å². The summed E-state index contributed by atoms with van der Waals surface area (Å²) in [5, 5.41) is 0.303. The van der Waals surface area contributed by atoms with Gasteiger partial charge in [-0.05, 0) is 12.1 Å². The van der Waals surface area contributed by atoms with E-state index in [1.54, 1.807) is 0 Å². The van der Waals surface area contributed by atoms with Gasteiger partial charge in [-0.25, -0.2) is 9.59 Å². The quantitative estimate of drug-likeness (QED) is 0.579. The summed E-state index contributed by atoms with van der Waals surface area (Å²) in [5.74, 6) is -1.35. The van der Waals surface area contributed by atoms with E-state index < -0.39 is 11.9 Å². The number of carbonyl (C=O) groups is 2. The van der Waals surface area contributed by atoms with Crippen LogP contribution in [0.15, 0.2) is 12.1 Å². The Morgan fingerprint density at radius 3 is 1.64 bits per heavy atom. The van der Waals surface area contributed by atoms with Gasteiger partial charge in [-0.1, -0.05) is 23.2 Å². The Balaban J connectivity index is 1.76. The average molecular weight is 347 g/mol. The van der Waals surface area contributed by atoms with Crippen LogP contribution in [0.5, 0.6) is 0 Å². The zero-order valence-corrected chi connectivity index (χ0v) is 12.9. The number of ether oxygens (including phenoxy) is 4. The maximum atomic E-state index is 12.1. The van der Waals surface area contributed by atoms with Crippen LogP contribution in [0.3, 0.4) is 0 Å². The molecule has 118 valence electrons. The second kappa shape index (κ2) is 6.42. The largest absolute Gasteiger partial charge is 0.459 e. The Bertz CT molecular complexity index is 557. The number of hydrogen-bond donors (Lipinski definition) is 0. The summed E-state index contributed by atoms with van der Waals surface area (Å²) >= 11 is 11.8. The maximum absolute atomic E-state index is 12.1. The van der Waals surface area contributed by atoms with Gasteiger partial charge in [-0.15, -0.1) is 0 Å². The molecule has 2 fully saturated rings. The van der Waals surface area contributed by atoms with Gasteiger partial charge in [0.15, 0.2) is 0 Å². The summed E-state index contributed by atoms with van der Waals surface area (Å²) in [6.45, 7) is 1.38. The van der Waals surface area contributed by atoms with E-state index in [1.165, 1.54) is 12.1 Å². The summed E-state index contributed by atoms with van der Waals surface area (Å²) < 4.78 is 20.1. The lowest BCUT2D eigenvalue weighted by Gasteiger charge is -2.10. The molecule has 8 heteroatoms. The number of epoxide rings is 2. The predicted molar refractivity (Wildman–Crippen MR) is 76.5 cm³/mol. The Hall–Kier alpha value is -1.34. The van der Waals surface area contributed by atoms with Crippen molar-refractivity contribution in [1.82, 2.24) is 0 Å². The minimum atomic E-state index is -0.677. The Kier molecular flexibility index (Phi) is 4.54. The first-order chi connectivity index (χ1) is 10.5. The van der Waals surface area contributed by atoms with Gasteiger partial charge in [0.25, 0.3) is 0 Å². The standard InChI is InChI=1S/C14H12Cl2O6/c15-11-1-9(13(17)21-5-7-3-19-7)10(2-12(11)16)14(18)22-6-8-4-20-8/h1-2,7-8H,3-6H2. The van der Waals surface area contributed by atoms with Crippen LogP contribution < -0.4 is 0 Å². The van der Waals surface area contributed by atoms with E-state index in [-0.39, 0.29) is 46.6 Å². The van der Waals surface area contributed by atoms with Gasteiger partial charge in [-0.3, -0.25) is 0 Å². The molecule has 0 N–H and O–H groups in total. The van der Waals surface area contributed by atoms with Gasteiger partial charge in [0.1, 0.15) is 25.4 Å². The molecule has 1 aromatic carbocycles. The zero-order chi connectivity index (χ0) is 15.7. The number of carbonyl (C=O) groups excluding carboxylic acids is 2. The normalized spacial score (nSPS) is 22.1. The molecule has 0 aromatic heterocycles. The summed E-state index contributed by atoms with van der Waals surface area (Å²) in [6.07, 6.45) is -0.150. The van der Waals surface area contributed by atoms with Gasteiger partial charge < -0.3 is 18.9 Å². The molecule has 3 rings (SSSR count). The number of rotatable bonds is 6. The number of benzene rings is 1. The van der Waals surface area contributed by atoms with Crippen molar-refractivity contribution in [3.05, 3.63) is 33.3 Å². The van der Waals surface area contributed by atoms with Gasteiger partial charge >= 0.3 is 11.9 Å². The molecule has 0 spiro atoms. The van der Waals surface area contributed by atoms with E-state index in [1.807, 2.05) is 0 Å². The van der Waals surface area contributed by atoms with Crippen molar-refractivity contribution in [3.8, 4) is 0 Å². The van der Waals surface area contributed by atoms with Crippen molar-refractivity contribution in [2.24, 2.45) is 0 Å². The maximum Gasteiger partial charge on any atom is 0.339 e. The first-order valence-corrected chi connectivity index (χ1v) is 7.36. The molecular weight excluding hydrogens is 335 g/mol.